The van der Waals surface area contributed by atoms with Crippen LogP contribution in [0.3, 0.4) is 0 Å². The summed E-state index contributed by atoms with van der Waals surface area (Å²) in [4.78, 5) is 21.8. The zero-order chi connectivity index (χ0) is 14.7. The third-order valence-corrected chi connectivity index (χ3v) is 3.08. The van der Waals surface area contributed by atoms with E-state index in [4.69, 9.17) is 0 Å². The molecule has 0 spiro atoms. The highest BCUT2D eigenvalue weighted by Gasteiger charge is 2.19. The fourth-order valence-corrected chi connectivity index (χ4v) is 2.12. The molecule has 0 unspecified atom stereocenters. The average molecular weight is 342 g/mol. The van der Waals surface area contributed by atoms with Crippen molar-refractivity contribution < 1.29 is 14.1 Å². The van der Waals surface area contributed by atoms with Gasteiger partial charge in [0.1, 0.15) is 16.8 Å². The van der Waals surface area contributed by atoms with Crippen molar-refractivity contribution in [3.05, 3.63) is 56.4 Å². The standard InChI is InChI=1S/C12H9BrFN3O3/c13-11-7-16(15-12(11)17(19)20)6-10(18)5-8-1-3-9(14)4-2-8/h1-4,7H,5-6H2. The zero-order valence-electron chi connectivity index (χ0n) is 10.1. The Morgan fingerprint density at radius 1 is 1.40 bits per heavy atom. The number of nitrogens with zero attached hydrogens (tertiary/aromatic N) is 3. The molecule has 20 heavy (non-hydrogen) atoms. The molecule has 0 saturated heterocycles. The van der Waals surface area contributed by atoms with Gasteiger partial charge < -0.3 is 10.1 Å². The van der Waals surface area contributed by atoms with Crippen molar-refractivity contribution in [2.75, 3.05) is 0 Å². The molecular weight excluding hydrogens is 333 g/mol. The van der Waals surface area contributed by atoms with Gasteiger partial charge in [0.2, 0.25) is 0 Å². The minimum Gasteiger partial charge on any atom is -0.358 e. The van der Waals surface area contributed by atoms with Crippen molar-refractivity contribution in [3.8, 4) is 0 Å². The van der Waals surface area contributed by atoms with E-state index in [0.717, 1.165) is 0 Å². The second kappa shape index (κ2) is 5.91. The van der Waals surface area contributed by atoms with E-state index in [1.807, 2.05) is 0 Å². The molecule has 0 saturated carbocycles. The number of aromatic nitrogens is 2. The van der Waals surface area contributed by atoms with Crippen molar-refractivity contribution >= 4 is 27.5 Å². The van der Waals surface area contributed by atoms with Gasteiger partial charge in [-0.05, 0) is 38.5 Å². The van der Waals surface area contributed by atoms with Crippen molar-refractivity contribution in [3.63, 3.8) is 0 Å². The SMILES string of the molecule is O=C(Cc1ccc(F)cc1)Cn1cc(Br)c([N+](=O)[O-])n1. The quantitative estimate of drug-likeness (QED) is 0.618. The van der Waals surface area contributed by atoms with Crippen LogP contribution in [-0.4, -0.2) is 20.5 Å². The monoisotopic (exact) mass is 341 g/mol. The highest BCUT2D eigenvalue weighted by Crippen LogP contribution is 2.21. The van der Waals surface area contributed by atoms with Crippen LogP contribution in [0.4, 0.5) is 10.2 Å². The van der Waals surface area contributed by atoms with Crippen LogP contribution in [0, 0.1) is 15.9 Å². The van der Waals surface area contributed by atoms with Crippen molar-refractivity contribution in [1.82, 2.24) is 9.78 Å². The summed E-state index contributed by atoms with van der Waals surface area (Å²) in [5.74, 6) is -0.881. The maximum Gasteiger partial charge on any atom is 0.404 e. The molecule has 0 amide bonds. The lowest BCUT2D eigenvalue weighted by Gasteiger charge is -1.99. The van der Waals surface area contributed by atoms with E-state index in [1.165, 1.54) is 35.1 Å². The van der Waals surface area contributed by atoms with Crippen molar-refractivity contribution in [1.29, 1.82) is 0 Å². The Hall–Kier alpha value is -2.09. The van der Waals surface area contributed by atoms with Crippen molar-refractivity contribution in [2.24, 2.45) is 0 Å². The van der Waals surface area contributed by atoms with Crippen LogP contribution in [0.15, 0.2) is 34.9 Å². The molecule has 104 valence electrons. The molecular formula is C12H9BrFN3O3. The number of Topliss-reactive ketones (excluding diaryl/α,β-unsaturated/α-hetero) is 1. The van der Waals surface area contributed by atoms with Crippen LogP contribution >= 0.6 is 15.9 Å². The van der Waals surface area contributed by atoms with Crippen LogP contribution < -0.4 is 0 Å². The maximum absolute atomic E-state index is 12.7. The first-order valence-corrected chi connectivity index (χ1v) is 6.38. The smallest absolute Gasteiger partial charge is 0.358 e. The highest BCUT2D eigenvalue weighted by atomic mass is 79.9. The number of carbonyl (C=O) groups excluding carboxylic acids is 1. The van der Waals surface area contributed by atoms with E-state index in [0.29, 0.717) is 5.56 Å². The highest BCUT2D eigenvalue weighted by molar-refractivity contribution is 9.10. The third kappa shape index (κ3) is 3.47. The minimum atomic E-state index is -0.634. The molecule has 1 aromatic heterocycles. The van der Waals surface area contributed by atoms with Crippen LogP contribution in [-0.2, 0) is 17.8 Å². The topological polar surface area (TPSA) is 78.0 Å². The first kappa shape index (κ1) is 14.3. The molecule has 0 aliphatic rings. The molecule has 0 aliphatic heterocycles. The lowest BCUT2D eigenvalue weighted by Crippen LogP contribution is -2.13. The maximum atomic E-state index is 12.7. The zero-order valence-corrected chi connectivity index (χ0v) is 11.7. The number of rotatable bonds is 5. The molecule has 0 radical (unpaired) electrons. The molecule has 1 aromatic carbocycles. The summed E-state index contributed by atoms with van der Waals surface area (Å²) in [5, 5.41) is 14.3. The molecule has 1 heterocycles. The summed E-state index contributed by atoms with van der Waals surface area (Å²) < 4.78 is 14.1. The van der Waals surface area contributed by atoms with Crippen LogP contribution in [0.25, 0.3) is 0 Å². The average Bonchev–Trinajstić information content (AvgIpc) is 2.73. The largest absolute Gasteiger partial charge is 0.404 e. The summed E-state index contributed by atoms with van der Waals surface area (Å²) >= 11 is 3.00. The van der Waals surface area contributed by atoms with Crippen molar-refractivity contribution in [2.45, 2.75) is 13.0 Å². The van der Waals surface area contributed by atoms with E-state index in [2.05, 4.69) is 21.0 Å². The van der Waals surface area contributed by atoms with E-state index >= 15 is 0 Å². The lowest BCUT2D eigenvalue weighted by atomic mass is 10.1. The Morgan fingerprint density at radius 2 is 2.05 bits per heavy atom. The van der Waals surface area contributed by atoms with Crippen LogP contribution in [0.1, 0.15) is 5.56 Å². The van der Waals surface area contributed by atoms with Gasteiger partial charge >= 0.3 is 5.82 Å². The Bertz CT molecular complexity index is 654. The van der Waals surface area contributed by atoms with E-state index in [9.17, 15) is 19.3 Å². The molecule has 0 N–H and O–H groups in total. The van der Waals surface area contributed by atoms with Gasteiger partial charge in [0.15, 0.2) is 5.78 Å². The number of benzene rings is 1. The molecule has 0 fully saturated rings. The minimum absolute atomic E-state index is 0.0795. The summed E-state index contributed by atoms with van der Waals surface area (Å²) in [5.41, 5.74) is 0.678. The van der Waals surface area contributed by atoms with Crippen LogP contribution in [0.5, 0.6) is 0 Å². The van der Waals surface area contributed by atoms with Gasteiger partial charge in [-0.1, -0.05) is 12.1 Å². The predicted octanol–water partition coefficient (Wildman–Crippen LogP) is 2.50. The fourth-order valence-electron chi connectivity index (χ4n) is 1.66. The van der Waals surface area contributed by atoms with Gasteiger partial charge in [0.05, 0.1) is 11.3 Å². The van der Waals surface area contributed by atoms with E-state index < -0.39 is 4.92 Å². The number of nitro groups is 1. The summed E-state index contributed by atoms with van der Waals surface area (Å²) in [6.07, 6.45) is 1.49. The van der Waals surface area contributed by atoms with Crippen LogP contribution in [0.2, 0.25) is 0 Å². The van der Waals surface area contributed by atoms with Gasteiger partial charge in [0, 0.05) is 6.42 Å². The summed E-state index contributed by atoms with van der Waals surface area (Å²) in [6, 6.07) is 5.60. The van der Waals surface area contributed by atoms with Gasteiger partial charge in [-0.15, -0.1) is 0 Å². The first-order chi connectivity index (χ1) is 9.45. The third-order valence-electron chi connectivity index (χ3n) is 2.52. The Morgan fingerprint density at radius 3 is 2.60 bits per heavy atom. The lowest BCUT2D eigenvalue weighted by molar-refractivity contribution is -0.390. The van der Waals surface area contributed by atoms with Gasteiger partial charge in [-0.25, -0.2) is 4.39 Å². The second-order valence-corrected chi connectivity index (χ2v) is 4.95. The Labute approximate surface area is 121 Å². The normalized spacial score (nSPS) is 10.5. The Balaban J connectivity index is 2.03. The molecule has 2 rings (SSSR count). The van der Waals surface area contributed by atoms with Gasteiger partial charge in [-0.2, -0.15) is 4.68 Å². The van der Waals surface area contributed by atoms with Gasteiger partial charge in [-0.3, -0.25) is 4.79 Å². The number of hydrogen-bond donors (Lipinski definition) is 0. The number of ketones is 1. The number of carbonyl (C=O) groups is 1. The molecule has 0 atom stereocenters. The molecule has 8 heteroatoms. The summed E-state index contributed by atoms with van der Waals surface area (Å²) in [6.45, 7) is -0.0795. The molecule has 6 nitrogen and oxygen atoms in total. The summed E-state index contributed by atoms with van der Waals surface area (Å²) in [7, 11) is 0. The predicted molar refractivity (Wildman–Crippen MR) is 71.7 cm³/mol. The van der Waals surface area contributed by atoms with Gasteiger partial charge in [0.25, 0.3) is 0 Å². The second-order valence-electron chi connectivity index (χ2n) is 4.10. The molecule has 2 aromatic rings. The number of halogens is 2. The first-order valence-electron chi connectivity index (χ1n) is 5.59. The Kier molecular flexibility index (Phi) is 4.23. The molecule has 0 aliphatic carbocycles. The number of hydrogen-bond acceptors (Lipinski definition) is 4. The van der Waals surface area contributed by atoms with E-state index in [1.54, 1.807) is 0 Å². The van der Waals surface area contributed by atoms with E-state index in [-0.39, 0.29) is 34.9 Å². The fraction of sp³-hybridized carbons (Fsp3) is 0.167. The molecule has 0 bridgehead atoms.